The summed E-state index contributed by atoms with van der Waals surface area (Å²) in [6, 6.07) is 7.62. The average Bonchev–Trinajstić information content (AvgIpc) is 2.65. The van der Waals surface area contributed by atoms with E-state index in [4.69, 9.17) is 0 Å². The van der Waals surface area contributed by atoms with E-state index in [-0.39, 0.29) is 5.82 Å². The van der Waals surface area contributed by atoms with E-state index in [1.165, 1.54) is 6.07 Å². The molecule has 1 aromatic rings. The highest BCUT2D eigenvalue weighted by molar-refractivity contribution is 5.47. The summed E-state index contributed by atoms with van der Waals surface area (Å²) >= 11 is 0. The molecule has 0 amide bonds. The first-order valence-corrected chi connectivity index (χ1v) is 6.80. The molecule has 1 aromatic carbocycles. The Labute approximate surface area is 108 Å². The molecule has 0 radical (unpaired) electrons. The molecule has 0 aromatic heterocycles. The lowest BCUT2D eigenvalue weighted by Gasteiger charge is -2.40. The Morgan fingerprint density at radius 3 is 3.00 bits per heavy atom. The summed E-state index contributed by atoms with van der Waals surface area (Å²) in [6.45, 7) is 7.82. The lowest BCUT2D eigenvalue weighted by atomic mass is 9.76. The van der Waals surface area contributed by atoms with E-state index in [1.807, 2.05) is 6.07 Å². The Hall–Kier alpha value is -1.09. The predicted molar refractivity (Wildman–Crippen MR) is 72.3 cm³/mol. The quantitative estimate of drug-likeness (QED) is 0.822. The van der Waals surface area contributed by atoms with Crippen molar-refractivity contribution < 1.29 is 4.39 Å². The fraction of sp³-hybridized carbons (Fsp3) is 0.600. The summed E-state index contributed by atoms with van der Waals surface area (Å²) < 4.78 is 13.3. The van der Waals surface area contributed by atoms with Gasteiger partial charge < -0.3 is 10.2 Å². The van der Waals surface area contributed by atoms with E-state index in [2.05, 4.69) is 24.1 Å². The van der Waals surface area contributed by atoms with Crippen LogP contribution in [0.2, 0.25) is 0 Å². The number of nitrogens with zero attached hydrogens (tertiary/aromatic N) is 1. The van der Waals surface area contributed by atoms with Gasteiger partial charge in [0.2, 0.25) is 0 Å². The van der Waals surface area contributed by atoms with Crippen molar-refractivity contribution in [3.05, 3.63) is 30.1 Å². The summed E-state index contributed by atoms with van der Waals surface area (Å²) in [4.78, 5) is 2.33. The van der Waals surface area contributed by atoms with Crippen molar-refractivity contribution in [2.24, 2.45) is 11.3 Å². The van der Waals surface area contributed by atoms with Gasteiger partial charge in [-0.05, 0) is 36.0 Å². The Kier molecular flexibility index (Phi) is 2.81. The van der Waals surface area contributed by atoms with E-state index >= 15 is 0 Å². The maximum Gasteiger partial charge on any atom is 0.125 e. The minimum atomic E-state index is -0.140. The number of anilines is 1. The molecule has 3 heteroatoms. The summed E-state index contributed by atoms with van der Waals surface area (Å²) in [7, 11) is 0. The third-order valence-electron chi connectivity index (χ3n) is 4.61. The maximum atomic E-state index is 13.3. The van der Waals surface area contributed by atoms with Gasteiger partial charge in [-0.2, -0.15) is 0 Å². The number of hydrogen-bond donors (Lipinski definition) is 1. The number of benzene rings is 1. The van der Waals surface area contributed by atoms with Crippen molar-refractivity contribution in [2.75, 3.05) is 24.5 Å². The molecular weight excluding hydrogens is 227 g/mol. The van der Waals surface area contributed by atoms with Crippen LogP contribution >= 0.6 is 0 Å². The lowest BCUT2D eigenvalue weighted by molar-refractivity contribution is 0.237. The minimum absolute atomic E-state index is 0.140. The van der Waals surface area contributed by atoms with Crippen LogP contribution in [0.15, 0.2) is 24.3 Å². The largest absolute Gasteiger partial charge is 0.371 e. The normalized spacial score (nSPS) is 30.3. The molecule has 0 bridgehead atoms. The fourth-order valence-electron chi connectivity index (χ4n) is 3.42. The number of halogens is 1. The van der Waals surface area contributed by atoms with Gasteiger partial charge in [0.15, 0.2) is 0 Å². The van der Waals surface area contributed by atoms with E-state index in [0.29, 0.717) is 17.4 Å². The highest BCUT2D eigenvalue weighted by Gasteiger charge is 2.44. The van der Waals surface area contributed by atoms with Crippen LogP contribution in [0.3, 0.4) is 0 Å². The maximum absolute atomic E-state index is 13.3. The van der Waals surface area contributed by atoms with Crippen LogP contribution in [0.5, 0.6) is 0 Å². The molecule has 98 valence electrons. The summed E-state index contributed by atoms with van der Waals surface area (Å²) in [5.41, 5.74) is 1.37. The van der Waals surface area contributed by atoms with Crippen molar-refractivity contribution in [3.63, 3.8) is 0 Å². The molecule has 1 N–H and O–H groups in total. The number of piperidine rings is 1. The first-order chi connectivity index (χ1) is 8.56. The molecule has 2 unspecified atom stereocenters. The van der Waals surface area contributed by atoms with Crippen molar-refractivity contribution in [2.45, 2.75) is 26.3 Å². The van der Waals surface area contributed by atoms with Gasteiger partial charge in [-0.15, -0.1) is 0 Å². The monoisotopic (exact) mass is 248 g/mol. The topological polar surface area (TPSA) is 15.3 Å². The number of rotatable bonds is 1. The lowest BCUT2D eigenvalue weighted by Crippen LogP contribution is -2.47. The highest BCUT2D eigenvalue weighted by Crippen LogP contribution is 2.39. The number of fused-ring (bicyclic) bond motifs is 1. The molecule has 2 atom stereocenters. The van der Waals surface area contributed by atoms with Crippen LogP contribution < -0.4 is 10.2 Å². The second-order valence-corrected chi connectivity index (χ2v) is 6.30. The predicted octanol–water partition coefficient (Wildman–Crippen LogP) is 2.65. The summed E-state index contributed by atoms with van der Waals surface area (Å²) in [5, 5.41) is 3.63. The van der Waals surface area contributed by atoms with Gasteiger partial charge in [-0.1, -0.05) is 19.9 Å². The minimum Gasteiger partial charge on any atom is -0.371 e. The Balaban J connectivity index is 1.80. The second kappa shape index (κ2) is 4.23. The Bertz CT molecular complexity index is 444. The standard InChI is InChI=1S/C15H21FN2/c1-15(2)10-17-14-6-7-18(9-13(14)15)12-5-3-4-11(16)8-12/h3-5,8,13-14,17H,6-7,9-10H2,1-2H3. The molecule has 0 saturated carbocycles. The van der Waals surface area contributed by atoms with Gasteiger partial charge in [-0.3, -0.25) is 0 Å². The van der Waals surface area contributed by atoms with Gasteiger partial charge in [0.25, 0.3) is 0 Å². The van der Waals surface area contributed by atoms with Gasteiger partial charge in [0, 0.05) is 31.4 Å². The summed E-state index contributed by atoms with van der Waals surface area (Å²) in [5.74, 6) is 0.521. The van der Waals surface area contributed by atoms with Crippen molar-refractivity contribution >= 4 is 5.69 Å². The smallest absolute Gasteiger partial charge is 0.125 e. The van der Waals surface area contributed by atoms with Gasteiger partial charge in [0.1, 0.15) is 5.82 Å². The zero-order valence-electron chi connectivity index (χ0n) is 11.1. The molecule has 3 rings (SSSR count). The van der Waals surface area contributed by atoms with Crippen molar-refractivity contribution in [3.8, 4) is 0 Å². The highest BCUT2D eigenvalue weighted by atomic mass is 19.1. The molecule has 2 aliphatic rings. The van der Waals surface area contributed by atoms with Crippen LogP contribution in [-0.4, -0.2) is 25.7 Å². The first-order valence-electron chi connectivity index (χ1n) is 6.80. The molecule has 2 saturated heterocycles. The molecule has 2 aliphatic heterocycles. The fourth-order valence-corrected chi connectivity index (χ4v) is 3.42. The SMILES string of the molecule is CC1(C)CNC2CCN(c3cccc(F)c3)CC21. The van der Waals surface area contributed by atoms with E-state index < -0.39 is 0 Å². The first kappa shape index (κ1) is 12.0. The molecule has 0 spiro atoms. The Morgan fingerprint density at radius 2 is 2.22 bits per heavy atom. The van der Waals surface area contributed by atoms with Gasteiger partial charge in [0.05, 0.1) is 0 Å². The zero-order valence-corrected chi connectivity index (χ0v) is 11.1. The van der Waals surface area contributed by atoms with Crippen molar-refractivity contribution in [1.29, 1.82) is 0 Å². The Morgan fingerprint density at radius 1 is 1.39 bits per heavy atom. The van der Waals surface area contributed by atoms with Crippen molar-refractivity contribution in [1.82, 2.24) is 5.32 Å². The zero-order chi connectivity index (χ0) is 12.8. The molecule has 0 aliphatic carbocycles. The van der Waals surface area contributed by atoms with E-state index in [9.17, 15) is 4.39 Å². The second-order valence-electron chi connectivity index (χ2n) is 6.30. The van der Waals surface area contributed by atoms with Crippen LogP contribution in [-0.2, 0) is 0 Å². The van der Waals surface area contributed by atoms with Crippen LogP contribution in [0.4, 0.5) is 10.1 Å². The molecule has 2 heterocycles. The molecule has 2 nitrogen and oxygen atoms in total. The van der Waals surface area contributed by atoms with Gasteiger partial charge >= 0.3 is 0 Å². The van der Waals surface area contributed by atoms with Crippen LogP contribution in [0.1, 0.15) is 20.3 Å². The molecule has 2 fully saturated rings. The third-order valence-corrected chi connectivity index (χ3v) is 4.61. The number of hydrogen-bond acceptors (Lipinski definition) is 2. The van der Waals surface area contributed by atoms with E-state index in [0.717, 1.165) is 31.7 Å². The molecular formula is C15H21FN2. The van der Waals surface area contributed by atoms with E-state index in [1.54, 1.807) is 12.1 Å². The third kappa shape index (κ3) is 2.01. The number of nitrogens with one attached hydrogen (secondary N) is 1. The average molecular weight is 248 g/mol. The molecule has 18 heavy (non-hydrogen) atoms. The summed E-state index contributed by atoms with van der Waals surface area (Å²) in [6.07, 6.45) is 1.16. The van der Waals surface area contributed by atoms with Crippen LogP contribution in [0.25, 0.3) is 0 Å². The van der Waals surface area contributed by atoms with Crippen LogP contribution in [0, 0.1) is 17.2 Å². The van der Waals surface area contributed by atoms with Gasteiger partial charge in [-0.25, -0.2) is 4.39 Å².